The average molecular weight is 363 g/mol. The lowest BCUT2D eigenvalue weighted by atomic mass is 10.1. The number of nitrogens with zero attached hydrogens (tertiary/aromatic N) is 1. The van der Waals surface area contributed by atoms with Crippen molar-refractivity contribution in [3.63, 3.8) is 0 Å². The number of carbonyl (C=O) groups excluding carboxylic acids is 1. The maximum Gasteiger partial charge on any atom is 0.305 e. The summed E-state index contributed by atoms with van der Waals surface area (Å²) < 4.78 is 16.6. The predicted octanol–water partition coefficient (Wildman–Crippen LogP) is 1.95. The van der Waals surface area contributed by atoms with Crippen molar-refractivity contribution in [3.8, 4) is 5.75 Å². The molecule has 1 amide bonds. The molecule has 2 saturated heterocycles. The number of amides is 1. The fourth-order valence-corrected chi connectivity index (χ4v) is 3.52. The highest BCUT2D eigenvalue weighted by Gasteiger charge is 2.36. The normalized spacial score (nSPS) is 23.8. The highest BCUT2D eigenvalue weighted by molar-refractivity contribution is 5.95. The molecule has 1 aromatic rings. The summed E-state index contributed by atoms with van der Waals surface area (Å²) in [6, 6.07) is 6.70. The van der Waals surface area contributed by atoms with Gasteiger partial charge in [-0.1, -0.05) is 0 Å². The van der Waals surface area contributed by atoms with Crippen LogP contribution in [0.5, 0.6) is 5.75 Å². The molecule has 2 unspecified atom stereocenters. The van der Waals surface area contributed by atoms with Gasteiger partial charge in [0.25, 0.3) is 5.91 Å². The Bertz CT molecular complexity index is 625. The smallest absolute Gasteiger partial charge is 0.305 e. The number of carboxylic acid groups (broad SMARTS) is 1. The van der Waals surface area contributed by atoms with E-state index in [0.717, 1.165) is 18.6 Å². The summed E-state index contributed by atoms with van der Waals surface area (Å²) in [5.74, 6) is -0.357. The number of hydrogen-bond acceptors (Lipinski definition) is 5. The predicted molar refractivity (Wildman–Crippen MR) is 93.4 cm³/mol. The molecule has 1 N–H and O–H groups in total. The number of benzene rings is 1. The van der Waals surface area contributed by atoms with Crippen LogP contribution in [0.15, 0.2) is 24.3 Å². The lowest BCUT2D eigenvalue weighted by Crippen LogP contribution is -2.37. The van der Waals surface area contributed by atoms with Gasteiger partial charge in [0, 0.05) is 38.1 Å². The van der Waals surface area contributed by atoms with E-state index in [2.05, 4.69) is 0 Å². The van der Waals surface area contributed by atoms with Crippen LogP contribution in [0.1, 0.15) is 36.0 Å². The van der Waals surface area contributed by atoms with Gasteiger partial charge in [-0.3, -0.25) is 9.59 Å². The minimum absolute atomic E-state index is 0.0729. The van der Waals surface area contributed by atoms with Crippen LogP contribution in [0.3, 0.4) is 0 Å². The molecule has 2 fully saturated rings. The lowest BCUT2D eigenvalue weighted by Gasteiger charge is -2.24. The van der Waals surface area contributed by atoms with Crippen LogP contribution in [0.4, 0.5) is 0 Å². The van der Waals surface area contributed by atoms with Crippen molar-refractivity contribution in [2.75, 3.05) is 26.9 Å². The van der Waals surface area contributed by atoms with Crippen molar-refractivity contribution in [1.29, 1.82) is 0 Å². The van der Waals surface area contributed by atoms with E-state index in [4.69, 9.17) is 19.3 Å². The van der Waals surface area contributed by atoms with Crippen LogP contribution in [-0.4, -0.2) is 67.0 Å². The molecule has 0 radical (unpaired) electrons. The Morgan fingerprint density at radius 2 is 1.88 bits per heavy atom. The molecule has 0 saturated carbocycles. The number of methoxy groups -OCH3 is 1. The molecule has 7 heteroatoms. The molecule has 0 spiro atoms. The quantitative estimate of drug-likeness (QED) is 0.831. The standard InChI is InChI=1S/C19H25NO6/c1-24-17-10-14(11-18(21)22)20(12-17)19(23)13-2-4-15(5-3-13)26-16-6-8-25-9-7-16/h2-5,14,16-17H,6-12H2,1H3,(H,21,22). The third-order valence-corrected chi connectivity index (χ3v) is 4.95. The second kappa shape index (κ2) is 8.51. The lowest BCUT2D eigenvalue weighted by molar-refractivity contribution is -0.138. The fourth-order valence-electron chi connectivity index (χ4n) is 3.52. The van der Waals surface area contributed by atoms with E-state index in [-0.39, 0.29) is 30.6 Å². The molecule has 142 valence electrons. The maximum absolute atomic E-state index is 12.8. The molecule has 26 heavy (non-hydrogen) atoms. The highest BCUT2D eigenvalue weighted by atomic mass is 16.5. The van der Waals surface area contributed by atoms with Gasteiger partial charge < -0.3 is 24.2 Å². The largest absolute Gasteiger partial charge is 0.490 e. The Balaban J connectivity index is 1.65. The number of likely N-dealkylation sites (tertiary alicyclic amines) is 1. The van der Waals surface area contributed by atoms with Gasteiger partial charge in [-0.05, 0) is 30.7 Å². The Labute approximate surface area is 152 Å². The van der Waals surface area contributed by atoms with Crippen molar-refractivity contribution in [2.24, 2.45) is 0 Å². The van der Waals surface area contributed by atoms with E-state index in [9.17, 15) is 9.59 Å². The number of carbonyl (C=O) groups is 2. The van der Waals surface area contributed by atoms with Crippen molar-refractivity contribution in [1.82, 2.24) is 4.90 Å². The third kappa shape index (κ3) is 4.53. The summed E-state index contributed by atoms with van der Waals surface area (Å²) >= 11 is 0. The zero-order valence-electron chi connectivity index (χ0n) is 14.9. The second-order valence-corrected chi connectivity index (χ2v) is 6.76. The molecule has 1 aromatic carbocycles. The van der Waals surface area contributed by atoms with Crippen LogP contribution in [0.2, 0.25) is 0 Å². The SMILES string of the molecule is COC1CC(CC(=O)O)N(C(=O)c2ccc(OC3CCOCC3)cc2)C1. The van der Waals surface area contributed by atoms with Gasteiger partial charge >= 0.3 is 5.97 Å². The highest BCUT2D eigenvalue weighted by Crippen LogP contribution is 2.26. The van der Waals surface area contributed by atoms with Crippen LogP contribution in [-0.2, 0) is 14.3 Å². The van der Waals surface area contributed by atoms with Gasteiger partial charge in [0.15, 0.2) is 0 Å². The number of carboxylic acids is 1. The summed E-state index contributed by atoms with van der Waals surface area (Å²) in [6.45, 7) is 1.83. The Kier molecular flexibility index (Phi) is 6.11. The first kappa shape index (κ1) is 18.7. The van der Waals surface area contributed by atoms with Crippen LogP contribution >= 0.6 is 0 Å². The topological polar surface area (TPSA) is 85.3 Å². The molecule has 0 aromatic heterocycles. The van der Waals surface area contributed by atoms with E-state index in [1.54, 1.807) is 36.3 Å². The van der Waals surface area contributed by atoms with Crippen molar-refractivity contribution >= 4 is 11.9 Å². The Morgan fingerprint density at radius 3 is 2.50 bits per heavy atom. The van der Waals surface area contributed by atoms with Gasteiger partial charge in [-0.2, -0.15) is 0 Å². The molecule has 2 aliphatic heterocycles. The molecule has 2 atom stereocenters. The summed E-state index contributed by atoms with van der Waals surface area (Å²) in [5, 5.41) is 9.09. The summed E-state index contributed by atoms with van der Waals surface area (Å²) in [7, 11) is 1.58. The number of hydrogen-bond donors (Lipinski definition) is 1. The van der Waals surface area contributed by atoms with Crippen molar-refractivity contribution in [2.45, 2.75) is 43.9 Å². The Morgan fingerprint density at radius 1 is 1.19 bits per heavy atom. The molecule has 2 aliphatic rings. The van der Waals surface area contributed by atoms with Crippen LogP contribution in [0.25, 0.3) is 0 Å². The van der Waals surface area contributed by atoms with Gasteiger partial charge in [-0.25, -0.2) is 0 Å². The Hall–Kier alpha value is -2.12. The number of ether oxygens (including phenoxy) is 3. The third-order valence-electron chi connectivity index (χ3n) is 4.95. The molecule has 7 nitrogen and oxygen atoms in total. The minimum atomic E-state index is -0.912. The van der Waals surface area contributed by atoms with E-state index >= 15 is 0 Å². The zero-order chi connectivity index (χ0) is 18.5. The second-order valence-electron chi connectivity index (χ2n) is 6.76. The average Bonchev–Trinajstić information content (AvgIpc) is 3.05. The van der Waals surface area contributed by atoms with E-state index in [0.29, 0.717) is 31.7 Å². The number of aliphatic carboxylic acids is 1. The van der Waals surface area contributed by atoms with Crippen LogP contribution < -0.4 is 4.74 Å². The maximum atomic E-state index is 12.8. The first-order chi connectivity index (χ1) is 12.6. The number of rotatable bonds is 6. The van der Waals surface area contributed by atoms with Gasteiger partial charge in [0.1, 0.15) is 11.9 Å². The molecule has 0 aliphatic carbocycles. The minimum Gasteiger partial charge on any atom is -0.490 e. The van der Waals surface area contributed by atoms with E-state index in [1.165, 1.54) is 0 Å². The van der Waals surface area contributed by atoms with Gasteiger partial charge in [0.05, 0.1) is 25.7 Å². The van der Waals surface area contributed by atoms with Crippen molar-refractivity contribution in [3.05, 3.63) is 29.8 Å². The van der Waals surface area contributed by atoms with E-state index < -0.39 is 5.97 Å². The summed E-state index contributed by atoms with van der Waals surface area (Å²) in [5.41, 5.74) is 0.525. The molecule has 2 heterocycles. The molecular formula is C19H25NO6. The monoisotopic (exact) mass is 363 g/mol. The zero-order valence-corrected chi connectivity index (χ0v) is 14.9. The van der Waals surface area contributed by atoms with Gasteiger partial charge in [0.2, 0.25) is 0 Å². The molecule has 0 bridgehead atoms. The van der Waals surface area contributed by atoms with E-state index in [1.807, 2.05) is 0 Å². The molecular weight excluding hydrogens is 338 g/mol. The summed E-state index contributed by atoms with van der Waals surface area (Å²) in [6.07, 6.45) is 2.22. The van der Waals surface area contributed by atoms with Crippen LogP contribution in [0, 0.1) is 0 Å². The van der Waals surface area contributed by atoms with Crippen molar-refractivity contribution < 1.29 is 28.9 Å². The first-order valence-corrected chi connectivity index (χ1v) is 8.97. The first-order valence-electron chi connectivity index (χ1n) is 8.97. The van der Waals surface area contributed by atoms with Gasteiger partial charge in [-0.15, -0.1) is 0 Å². The fraction of sp³-hybridized carbons (Fsp3) is 0.579. The summed E-state index contributed by atoms with van der Waals surface area (Å²) in [4.78, 5) is 25.5. The molecule has 3 rings (SSSR count).